The van der Waals surface area contributed by atoms with Gasteiger partial charge in [0.05, 0.1) is 18.2 Å². The van der Waals surface area contributed by atoms with Crippen LogP contribution in [0.15, 0.2) is 47.3 Å². The monoisotopic (exact) mass is 415 g/mol. The van der Waals surface area contributed by atoms with Crippen LogP contribution in [0, 0.1) is 0 Å². The smallest absolute Gasteiger partial charge is 0.360 e. The Morgan fingerprint density at radius 2 is 1.86 bits per heavy atom. The highest BCUT2D eigenvalue weighted by atomic mass is 35.5. The number of amides is 1. The van der Waals surface area contributed by atoms with E-state index in [4.69, 9.17) is 21.1 Å². The number of halogens is 1. The highest BCUT2D eigenvalue weighted by Gasteiger charge is 2.23. The molecule has 8 nitrogen and oxygen atoms in total. The third-order valence-corrected chi connectivity index (χ3v) is 4.46. The number of fused-ring (bicyclic) bond motifs is 1. The molecule has 9 heteroatoms. The molecule has 1 atom stereocenters. The van der Waals surface area contributed by atoms with Crippen molar-refractivity contribution in [2.24, 2.45) is 7.05 Å². The molecule has 0 saturated heterocycles. The molecule has 1 aromatic heterocycles. The number of nitrogens with zero attached hydrogens (tertiary/aromatic N) is 2. The Balaban J connectivity index is 1.82. The van der Waals surface area contributed by atoms with Crippen molar-refractivity contribution in [2.75, 3.05) is 12.4 Å². The van der Waals surface area contributed by atoms with Crippen molar-refractivity contribution in [3.05, 3.63) is 63.5 Å². The van der Waals surface area contributed by atoms with Crippen LogP contribution in [-0.4, -0.2) is 34.9 Å². The van der Waals surface area contributed by atoms with Gasteiger partial charge in [0.15, 0.2) is 11.8 Å². The molecule has 150 valence electrons. The number of esters is 1. The van der Waals surface area contributed by atoms with E-state index in [2.05, 4.69) is 10.4 Å². The minimum absolute atomic E-state index is 0.0531. The lowest BCUT2D eigenvalue weighted by Gasteiger charge is -2.16. The molecule has 1 unspecified atom stereocenters. The van der Waals surface area contributed by atoms with Gasteiger partial charge in [-0.1, -0.05) is 29.8 Å². The van der Waals surface area contributed by atoms with Crippen molar-refractivity contribution in [1.29, 1.82) is 0 Å². The quantitative estimate of drug-likeness (QED) is 0.643. The predicted molar refractivity (Wildman–Crippen MR) is 108 cm³/mol. The van der Waals surface area contributed by atoms with Crippen LogP contribution in [0.2, 0.25) is 5.02 Å². The van der Waals surface area contributed by atoms with Crippen molar-refractivity contribution in [2.45, 2.75) is 13.0 Å². The molecular formula is C20H18ClN3O5. The molecule has 0 saturated carbocycles. The van der Waals surface area contributed by atoms with Crippen LogP contribution in [0.25, 0.3) is 10.8 Å². The minimum atomic E-state index is -1.14. The average Bonchev–Trinajstić information content (AvgIpc) is 2.70. The molecule has 29 heavy (non-hydrogen) atoms. The van der Waals surface area contributed by atoms with Crippen LogP contribution in [0.5, 0.6) is 5.75 Å². The largest absolute Gasteiger partial charge is 0.495 e. The van der Waals surface area contributed by atoms with E-state index in [1.54, 1.807) is 36.4 Å². The molecule has 0 aliphatic heterocycles. The van der Waals surface area contributed by atoms with E-state index in [1.807, 2.05) is 0 Å². The maximum Gasteiger partial charge on any atom is 0.360 e. The Hall–Kier alpha value is -3.39. The lowest BCUT2D eigenvalue weighted by molar-refractivity contribution is -0.123. The van der Waals surface area contributed by atoms with Crippen LogP contribution in [0.3, 0.4) is 0 Å². The number of anilines is 1. The standard InChI is InChI=1S/C20H18ClN3O5/c1-11(18(25)22-15-10-12(21)8-9-16(15)28-3)29-20(27)17-13-6-4-5-7-14(13)19(26)24(2)23-17/h4-11H,1-3H3,(H,22,25). The summed E-state index contributed by atoms with van der Waals surface area (Å²) < 4.78 is 11.5. The molecule has 0 bridgehead atoms. The Bertz CT molecular complexity index is 1160. The maximum absolute atomic E-state index is 12.6. The number of carbonyl (C=O) groups is 2. The van der Waals surface area contributed by atoms with Gasteiger partial charge in [-0.2, -0.15) is 5.10 Å². The van der Waals surface area contributed by atoms with Gasteiger partial charge in [0, 0.05) is 17.5 Å². The zero-order valence-corrected chi connectivity index (χ0v) is 16.7. The van der Waals surface area contributed by atoms with Crippen LogP contribution in [0.1, 0.15) is 17.4 Å². The number of aromatic nitrogens is 2. The SMILES string of the molecule is COc1ccc(Cl)cc1NC(=O)C(C)OC(=O)c1nn(C)c(=O)c2ccccc12. The Kier molecular flexibility index (Phi) is 5.84. The number of benzene rings is 2. The molecule has 1 N–H and O–H groups in total. The summed E-state index contributed by atoms with van der Waals surface area (Å²) in [4.78, 5) is 37.3. The van der Waals surface area contributed by atoms with Crippen molar-refractivity contribution in [3.63, 3.8) is 0 Å². The molecule has 1 heterocycles. The van der Waals surface area contributed by atoms with Crippen LogP contribution in [-0.2, 0) is 16.6 Å². The Morgan fingerprint density at radius 3 is 2.55 bits per heavy atom. The number of nitrogens with one attached hydrogen (secondary N) is 1. The number of ether oxygens (including phenoxy) is 2. The number of aryl methyl sites for hydroxylation is 1. The van der Waals surface area contributed by atoms with Gasteiger partial charge in [-0.15, -0.1) is 0 Å². The minimum Gasteiger partial charge on any atom is -0.495 e. The van der Waals surface area contributed by atoms with Crippen molar-refractivity contribution < 1.29 is 19.1 Å². The average molecular weight is 416 g/mol. The number of methoxy groups -OCH3 is 1. The molecule has 3 aromatic rings. The van der Waals surface area contributed by atoms with Gasteiger partial charge in [0.2, 0.25) is 0 Å². The molecular weight excluding hydrogens is 398 g/mol. The van der Waals surface area contributed by atoms with Crippen LogP contribution < -0.4 is 15.6 Å². The summed E-state index contributed by atoms with van der Waals surface area (Å²) in [5.41, 5.74) is -0.0442. The summed E-state index contributed by atoms with van der Waals surface area (Å²) in [5, 5.41) is 7.70. The molecule has 0 radical (unpaired) electrons. The summed E-state index contributed by atoms with van der Waals surface area (Å²) in [6.45, 7) is 1.43. The van der Waals surface area contributed by atoms with E-state index in [0.717, 1.165) is 4.68 Å². The zero-order chi connectivity index (χ0) is 21.1. The van der Waals surface area contributed by atoms with Gasteiger partial charge in [0.25, 0.3) is 11.5 Å². The molecule has 0 aliphatic carbocycles. The fraction of sp³-hybridized carbons (Fsp3) is 0.200. The summed E-state index contributed by atoms with van der Waals surface area (Å²) in [7, 11) is 2.89. The molecule has 1 amide bonds. The van der Waals surface area contributed by atoms with Gasteiger partial charge in [-0.05, 0) is 31.2 Å². The summed E-state index contributed by atoms with van der Waals surface area (Å²) in [6.07, 6.45) is -1.14. The fourth-order valence-corrected chi connectivity index (χ4v) is 2.90. The first kappa shape index (κ1) is 20.3. The van der Waals surface area contributed by atoms with Gasteiger partial charge in [0.1, 0.15) is 5.75 Å². The fourth-order valence-electron chi connectivity index (χ4n) is 2.73. The highest BCUT2D eigenvalue weighted by Crippen LogP contribution is 2.28. The lowest BCUT2D eigenvalue weighted by atomic mass is 10.1. The normalized spacial score (nSPS) is 11.7. The zero-order valence-electron chi connectivity index (χ0n) is 15.9. The third kappa shape index (κ3) is 4.22. The predicted octanol–water partition coefficient (Wildman–Crippen LogP) is 2.78. The number of rotatable bonds is 5. The highest BCUT2D eigenvalue weighted by molar-refractivity contribution is 6.31. The summed E-state index contributed by atoms with van der Waals surface area (Å²) in [6, 6.07) is 11.3. The first-order chi connectivity index (χ1) is 13.8. The van der Waals surface area contributed by atoms with E-state index in [-0.39, 0.29) is 11.3 Å². The topological polar surface area (TPSA) is 99.5 Å². The van der Waals surface area contributed by atoms with Gasteiger partial charge in [-0.3, -0.25) is 9.59 Å². The maximum atomic E-state index is 12.6. The first-order valence-electron chi connectivity index (χ1n) is 8.63. The van der Waals surface area contributed by atoms with Crippen molar-refractivity contribution in [3.8, 4) is 5.75 Å². The summed E-state index contributed by atoms with van der Waals surface area (Å²) in [5.74, 6) is -0.988. The number of carbonyl (C=O) groups excluding carboxylic acids is 2. The Labute approximate surface area is 171 Å². The van der Waals surface area contributed by atoms with Crippen molar-refractivity contribution in [1.82, 2.24) is 9.78 Å². The lowest BCUT2D eigenvalue weighted by Crippen LogP contribution is -2.31. The van der Waals surface area contributed by atoms with Gasteiger partial charge >= 0.3 is 5.97 Å². The second-order valence-electron chi connectivity index (χ2n) is 6.20. The van der Waals surface area contributed by atoms with Crippen molar-refractivity contribution >= 4 is 39.9 Å². The second-order valence-corrected chi connectivity index (χ2v) is 6.64. The summed E-state index contributed by atoms with van der Waals surface area (Å²) >= 11 is 5.96. The van der Waals surface area contributed by atoms with E-state index < -0.39 is 18.0 Å². The molecule has 2 aromatic carbocycles. The van der Waals surface area contributed by atoms with E-state index in [9.17, 15) is 14.4 Å². The number of hydrogen-bond acceptors (Lipinski definition) is 6. The first-order valence-corrected chi connectivity index (χ1v) is 9.01. The second kappa shape index (κ2) is 8.32. The van der Waals surface area contributed by atoms with Crippen LogP contribution in [0.4, 0.5) is 5.69 Å². The third-order valence-electron chi connectivity index (χ3n) is 4.22. The molecule has 0 aliphatic rings. The van der Waals surface area contributed by atoms with Gasteiger partial charge < -0.3 is 14.8 Å². The number of hydrogen-bond donors (Lipinski definition) is 1. The van der Waals surface area contributed by atoms with Crippen LogP contribution >= 0.6 is 11.6 Å². The molecule has 0 spiro atoms. The molecule has 0 fully saturated rings. The molecule has 3 rings (SSSR count). The van der Waals surface area contributed by atoms with E-state index >= 15 is 0 Å². The van der Waals surface area contributed by atoms with E-state index in [0.29, 0.717) is 27.2 Å². The Morgan fingerprint density at radius 1 is 1.17 bits per heavy atom. The van der Waals surface area contributed by atoms with E-state index in [1.165, 1.54) is 27.1 Å². The van der Waals surface area contributed by atoms with Gasteiger partial charge in [-0.25, -0.2) is 9.48 Å².